The molecule has 0 fully saturated rings. The van der Waals surface area contributed by atoms with Crippen molar-refractivity contribution in [2.45, 2.75) is 6.42 Å². The first-order chi connectivity index (χ1) is 14.5. The standard InChI is InChI=1S/C25H22O5/c1-3-24(27)30-14-13-18-15-21(22(26)16-23(18)29-2)19-11-7-8-12-20(19)25(28)17-9-5-4-6-10-17/h3-12,15-16,26H,1,13-14H2,2H3. The number of phenolic OH excluding ortho intramolecular Hbond substituents is 1. The van der Waals surface area contributed by atoms with Crippen molar-refractivity contribution in [3.05, 3.63) is 96.1 Å². The van der Waals surface area contributed by atoms with Crippen LogP contribution in [0.5, 0.6) is 11.5 Å². The lowest BCUT2D eigenvalue weighted by atomic mass is 9.92. The van der Waals surface area contributed by atoms with Crippen molar-refractivity contribution in [2.75, 3.05) is 13.7 Å². The van der Waals surface area contributed by atoms with Crippen molar-refractivity contribution in [2.24, 2.45) is 0 Å². The van der Waals surface area contributed by atoms with Crippen LogP contribution >= 0.6 is 0 Å². The number of aromatic hydroxyl groups is 1. The van der Waals surface area contributed by atoms with Crippen molar-refractivity contribution in [3.63, 3.8) is 0 Å². The molecule has 0 saturated carbocycles. The van der Waals surface area contributed by atoms with Gasteiger partial charge in [0.2, 0.25) is 0 Å². The van der Waals surface area contributed by atoms with Crippen molar-refractivity contribution in [1.29, 1.82) is 0 Å². The number of carbonyl (C=O) groups is 2. The van der Waals surface area contributed by atoms with E-state index in [2.05, 4.69) is 6.58 Å². The maximum absolute atomic E-state index is 13.1. The van der Waals surface area contributed by atoms with Gasteiger partial charge in [-0.25, -0.2) is 4.79 Å². The third-order valence-electron chi connectivity index (χ3n) is 4.68. The molecule has 0 unspecified atom stereocenters. The summed E-state index contributed by atoms with van der Waals surface area (Å²) in [4.78, 5) is 24.4. The lowest BCUT2D eigenvalue weighted by Gasteiger charge is -2.15. The minimum Gasteiger partial charge on any atom is -0.507 e. The fourth-order valence-electron chi connectivity index (χ4n) is 3.20. The Bertz CT molecular complexity index is 1070. The molecule has 3 rings (SSSR count). The lowest BCUT2D eigenvalue weighted by molar-refractivity contribution is -0.137. The van der Waals surface area contributed by atoms with Crippen LogP contribution in [0, 0.1) is 0 Å². The molecule has 0 saturated heterocycles. The molecule has 0 heterocycles. The van der Waals surface area contributed by atoms with E-state index >= 15 is 0 Å². The van der Waals surface area contributed by atoms with Gasteiger partial charge in [0.15, 0.2) is 5.78 Å². The van der Waals surface area contributed by atoms with Gasteiger partial charge in [-0.05, 0) is 17.2 Å². The quantitative estimate of drug-likeness (QED) is 0.339. The number of ketones is 1. The first kappa shape index (κ1) is 20.9. The first-order valence-corrected chi connectivity index (χ1v) is 9.43. The van der Waals surface area contributed by atoms with E-state index in [9.17, 15) is 14.7 Å². The zero-order valence-electron chi connectivity index (χ0n) is 16.6. The van der Waals surface area contributed by atoms with E-state index in [0.29, 0.717) is 34.4 Å². The molecule has 0 bridgehead atoms. The minimum absolute atomic E-state index is 0.00741. The third kappa shape index (κ3) is 4.58. The van der Waals surface area contributed by atoms with Gasteiger partial charge in [-0.1, -0.05) is 61.2 Å². The highest BCUT2D eigenvalue weighted by atomic mass is 16.5. The van der Waals surface area contributed by atoms with E-state index < -0.39 is 5.97 Å². The number of esters is 1. The molecule has 0 aliphatic heterocycles. The minimum atomic E-state index is -0.508. The van der Waals surface area contributed by atoms with Gasteiger partial charge in [0, 0.05) is 35.3 Å². The third-order valence-corrected chi connectivity index (χ3v) is 4.68. The maximum Gasteiger partial charge on any atom is 0.330 e. The molecule has 0 aliphatic rings. The van der Waals surface area contributed by atoms with Gasteiger partial charge in [-0.15, -0.1) is 0 Å². The summed E-state index contributed by atoms with van der Waals surface area (Å²) in [6, 6.07) is 19.4. The Kier molecular flexibility index (Phi) is 6.65. The fraction of sp³-hybridized carbons (Fsp3) is 0.120. The Balaban J connectivity index is 2.01. The first-order valence-electron chi connectivity index (χ1n) is 9.43. The van der Waals surface area contributed by atoms with Crippen LogP contribution in [0.25, 0.3) is 11.1 Å². The second kappa shape index (κ2) is 9.56. The molecule has 0 atom stereocenters. The maximum atomic E-state index is 13.1. The van der Waals surface area contributed by atoms with Gasteiger partial charge in [0.1, 0.15) is 11.5 Å². The molecular weight excluding hydrogens is 380 g/mol. The molecule has 0 amide bonds. The molecular formula is C25H22O5. The van der Waals surface area contributed by atoms with Crippen LogP contribution in [-0.2, 0) is 16.0 Å². The van der Waals surface area contributed by atoms with Crippen LogP contribution in [0.4, 0.5) is 0 Å². The lowest BCUT2D eigenvalue weighted by Crippen LogP contribution is -2.06. The van der Waals surface area contributed by atoms with E-state index in [-0.39, 0.29) is 18.1 Å². The van der Waals surface area contributed by atoms with Crippen LogP contribution < -0.4 is 4.74 Å². The Hall–Kier alpha value is -3.86. The highest BCUT2D eigenvalue weighted by Crippen LogP contribution is 2.37. The summed E-state index contributed by atoms with van der Waals surface area (Å²) in [5.41, 5.74) is 2.89. The van der Waals surface area contributed by atoms with Gasteiger partial charge >= 0.3 is 5.97 Å². The average molecular weight is 402 g/mol. The van der Waals surface area contributed by atoms with Crippen LogP contribution in [0.3, 0.4) is 0 Å². The summed E-state index contributed by atoms with van der Waals surface area (Å²) >= 11 is 0. The fourth-order valence-corrected chi connectivity index (χ4v) is 3.20. The molecule has 0 spiro atoms. The topological polar surface area (TPSA) is 72.8 Å². The SMILES string of the molecule is C=CC(=O)OCCc1cc(-c2ccccc2C(=O)c2ccccc2)c(O)cc1OC. The second-order valence-electron chi connectivity index (χ2n) is 6.54. The summed E-state index contributed by atoms with van der Waals surface area (Å²) in [7, 11) is 1.50. The van der Waals surface area contributed by atoms with E-state index in [1.54, 1.807) is 36.4 Å². The van der Waals surface area contributed by atoms with Gasteiger partial charge in [0.25, 0.3) is 0 Å². The van der Waals surface area contributed by atoms with Gasteiger partial charge < -0.3 is 14.6 Å². The molecule has 0 aromatic heterocycles. The number of benzene rings is 3. The molecule has 3 aromatic rings. The van der Waals surface area contributed by atoms with Crippen LogP contribution in [0.1, 0.15) is 21.5 Å². The van der Waals surface area contributed by atoms with E-state index in [4.69, 9.17) is 9.47 Å². The van der Waals surface area contributed by atoms with E-state index in [1.165, 1.54) is 13.2 Å². The number of carbonyl (C=O) groups excluding carboxylic acids is 2. The number of phenols is 1. The predicted octanol–water partition coefficient (Wildman–Crippen LogP) is 4.57. The van der Waals surface area contributed by atoms with Crippen LogP contribution in [0.15, 0.2) is 79.4 Å². The zero-order chi connectivity index (χ0) is 21.5. The summed E-state index contributed by atoms with van der Waals surface area (Å²) < 4.78 is 10.4. The highest BCUT2D eigenvalue weighted by Gasteiger charge is 2.18. The van der Waals surface area contributed by atoms with Gasteiger partial charge in [-0.2, -0.15) is 0 Å². The van der Waals surface area contributed by atoms with Crippen molar-refractivity contribution in [3.8, 4) is 22.6 Å². The molecule has 30 heavy (non-hydrogen) atoms. The van der Waals surface area contributed by atoms with E-state index in [1.807, 2.05) is 24.3 Å². The molecule has 3 aromatic carbocycles. The zero-order valence-corrected chi connectivity index (χ0v) is 16.6. The number of methoxy groups -OCH3 is 1. The summed E-state index contributed by atoms with van der Waals surface area (Å²) in [6.45, 7) is 3.51. The number of ether oxygens (including phenoxy) is 2. The molecule has 5 nitrogen and oxygen atoms in total. The summed E-state index contributed by atoms with van der Waals surface area (Å²) in [5.74, 6) is -0.181. The second-order valence-corrected chi connectivity index (χ2v) is 6.54. The average Bonchev–Trinajstić information content (AvgIpc) is 2.79. The van der Waals surface area contributed by atoms with Gasteiger partial charge in [0.05, 0.1) is 13.7 Å². The highest BCUT2D eigenvalue weighted by molar-refractivity contribution is 6.13. The number of rotatable bonds is 8. The van der Waals surface area contributed by atoms with E-state index in [0.717, 1.165) is 11.6 Å². The summed E-state index contributed by atoms with van der Waals surface area (Å²) in [6.07, 6.45) is 1.48. The Morgan fingerprint density at radius 1 is 1.00 bits per heavy atom. The molecule has 1 N–H and O–H groups in total. The Morgan fingerprint density at radius 2 is 1.70 bits per heavy atom. The van der Waals surface area contributed by atoms with Crippen LogP contribution in [0.2, 0.25) is 0 Å². The Morgan fingerprint density at radius 3 is 2.40 bits per heavy atom. The summed E-state index contributed by atoms with van der Waals surface area (Å²) in [5, 5.41) is 10.6. The van der Waals surface area contributed by atoms with Crippen molar-refractivity contribution >= 4 is 11.8 Å². The normalized spacial score (nSPS) is 10.3. The smallest absolute Gasteiger partial charge is 0.330 e. The monoisotopic (exact) mass is 402 g/mol. The number of hydrogen-bond acceptors (Lipinski definition) is 5. The molecule has 152 valence electrons. The van der Waals surface area contributed by atoms with Crippen molar-refractivity contribution in [1.82, 2.24) is 0 Å². The Labute approximate surface area is 175 Å². The predicted molar refractivity (Wildman–Crippen MR) is 115 cm³/mol. The molecule has 0 radical (unpaired) electrons. The largest absolute Gasteiger partial charge is 0.507 e. The van der Waals surface area contributed by atoms with Gasteiger partial charge in [-0.3, -0.25) is 4.79 Å². The number of hydrogen-bond donors (Lipinski definition) is 1. The molecule has 0 aliphatic carbocycles. The molecule has 5 heteroatoms. The van der Waals surface area contributed by atoms with Crippen LogP contribution in [-0.4, -0.2) is 30.6 Å². The van der Waals surface area contributed by atoms with Crippen molar-refractivity contribution < 1.29 is 24.2 Å².